The summed E-state index contributed by atoms with van der Waals surface area (Å²) in [4.78, 5) is 2.44. The molecule has 20 heavy (non-hydrogen) atoms. The Balaban J connectivity index is 2.03. The minimum absolute atomic E-state index is 0.229. The van der Waals surface area contributed by atoms with E-state index >= 15 is 0 Å². The highest BCUT2D eigenvalue weighted by molar-refractivity contribution is 5.25. The Morgan fingerprint density at radius 3 is 2.75 bits per heavy atom. The van der Waals surface area contributed by atoms with E-state index in [1.165, 1.54) is 17.5 Å². The highest BCUT2D eigenvalue weighted by Crippen LogP contribution is 2.18. The SMILES string of the molecule is Cc1ccccc1CN1CC(CC(C)C)NCC1CO. The lowest BCUT2D eigenvalue weighted by molar-refractivity contribution is 0.0699. The summed E-state index contributed by atoms with van der Waals surface area (Å²) in [5.74, 6) is 0.707. The summed E-state index contributed by atoms with van der Waals surface area (Å²) in [7, 11) is 0. The Hall–Kier alpha value is -0.900. The fourth-order valence-corrected chi connectivity index (χ4v) is 3.04. The van der Waals surface area contributed by atoms with Crippen molar-refractivity contribution in [2.45, 2.75) is 45.8 Å². The summed E-state index contributed by atoms with van der Waals surface area (Å²) in [6, 6.07) is 9.33. The van der Waals surface area contributed by atoms with Gasteiger partial charge in [-0.2, -0.15) is 0 Å². The molecule has 2 N–H and O–H groups in total. The Bertz CT molecular complexity index is 419. The average Bonchev–Trinajstić information content (AvgIpc) is 2.41. The van der Waals surface area contributed by atoms with Gasteiger partial charge in [0.05, 0.1) is 6.61 Å². The van der Waals surface area contributed by atoms with Crippen LogP contribution in [-0.2, 0) is 6.54 Å². The summed E-state index contributed by atoms with van der Waals surface area (Å²) in [5.41, 5.74) is 2.71. The van der Waals surface area contributed by atoms with Crippen LogP contribution >= 0.6 is 0 Å². The molecule has 0 spiro atoms. The van der Waals surface area contributed by atoms with Crippen LogP contribution in [0, 0.1) is 12.8 Å². The number of piperazine rings is 1. The first-order valence-electron chi connectivity index (χ1n) is 7.73. The number of hydrogen-bond donors (Lipinski definition) is 2. The second-order valence-corrected chi connectivity index (χ2v) is 6.43. The lowest BCUT2D eigenvalue weighted by Crippen LogP contribution is -2.57. The van der Waals surface area contributed by atoms with Crippen molar-refractivity contribution in [3.63, 3.8) is 0 Å². The number of nitrogens with one attached hydrogen (secondary N) is 1. The molecule has 0 bridgehead atoms. The molecule has 3 nitrogen and oxygen atoms in total. The molecule has 1 aromatic rings. The van der Waals surface area contributed by atoms with Gasteiger partial charge in [0.15, 0.2) is 0 Å². The maximum absolute atomic E-state index is 9.60. The van der Waals surface area contributed by atoms with E-state index in [2.05, 4.69) is 55.3 Å². The van der Waals surface area contributed by atoms with Gasteiger partial charge in [0.25, 0.3) is 0 Å². The molecule has 0 aliphatic carbocycles. The number of aliphatic hydroxyl groups excluding tert-OH is 1. The van der Waals surface area contributed by atoms with Gasteiger partial charge in [0, 0.05) is 31.7 Å². The van der Waals surface area contributed by atoms with E-state index in [1.807, 2.05) is 0 Å². The fraction of sp³-hybridized carbons (Fsp3) is 0.647. The van der Waals surface area contributed by atoms with Gasteiger partial charge < -0.3 is 10.4 Å². The van der Waals surface area contributed by atoms with Crippen molar-refractivity contribution in [1.29, 1.82) is 0 Å². The Kier molecular flexibility index (Phi) is 5.58. The van der Waals surface area contributed by atoms with Crippen LogP contribution in [0.3, 0.4) is 0 Å². The smallest absolute Gasteiger partial charge is 0.0599 e. The summed E-state index contributed by atoms with van der Waals surface area (Å²) in [5, 5.41) is 13.2. The van der Waals surface area contributed by atoms with Crippen LogP contribution < -0.4 is 5.32 Å². The number of nitrogens with zero attached hydrogens (tertiary/aromatic N) is 1. The summed E-state index contributed by atoms with van der Waals surface area (Å²) >= 11 is 0. The van der Waals surface area contributed by atoms with Crippen LogP contribution in [0.25, 0.3) is 0 Å². The van der Waals surface area contributed by atoms with E-state index < -0.39 is 0 Å². The normalized spacial score (nSPS) is 24.2. The van der Waals surface area contributed by atoms with Gasteiger partial charge in [-0.05, 0) is 30.4 Å². The van der Waals surface area contributed by atoms with Gasteiger partial charge in [-0.25, -0.2) is 0 Å². The molecule has 112 valence electrons. The minimum Gasteiger partial charge on any atom is -0.395 e. The first kappa shape index (κ1) is 15.5. The second kappa shape index (κ2) is 7.21. The zero-order chi connectivity index (χ0) is 14.5. The molecule has 1 fully saturated rings. The van der Waals surface area contributed by atoms with E-state index in [0.29, 0.717) is 12.0 Å². The topological polar surface area (TPSA) is 35.5 Å². The van der Waals surface area contributed by atoms with Crippen LogP contribution in [0.2, 0.25) is 0 Å². The molecule has 1 saturated heterocycles. The van der Waals surface area contributed by atoms with Crippen molar-refractivity contribution in [1.82, 2.24) is 10.2 Å². The Morgan fingerprint density at radius 2 is 2.10 bits per heavy atom. The van der Waals surface area contributed by atoms with Gasteiger partial charge in [-0.3, -0.25) is 4.90 Å². The molecule has 0 aromatic heterocycles. The van der Waals surface area contributed by atoms with Gasteiger partial charge >= 0.3 is 0 Å². The highest BCUT2D eigenvalue weighted by Gasteiger charge is 2.27. The quantitative estimate of drug-likeness (QED) is 0.865. The monoisotopic (exact) mass is 276 g/mol. The highest BCUT2D eigenvalue weighted by atomic mass is 16.3. The first-order valence-corrected chi connectivity index (χ1v) is 7.73. The van der Waals surface area contributed by atoms with Gasteiger partial charge in [-0.15, -0.1) is 0 Å². The molecular weight excluding hydrogens is 248 g/mol. The first-order chi connectivity index (χ1) is 9.60. The van der Waals surface area contributed by atoms with E-state index in [0.717, 1.165) is 19.6 Å². The number of rotatable bonds is 5. The van der Waals surface area contributed by atoms with Gasteiger partial charge in [0.1, 0.15) is 0 Å². The van der Waals surface area contributed by atoms with Crippen molar-refractivity contribution >= 4 is 0 Å². The van der Waals surface area contributed by atoms with E-state index in [9.17, 15) is 5.11 Å². The number of benzene rings is 1. The molecule has 2 rings (SSSR count). The van der Waals surface area contributed by atoms with Crippen LogP contribution in [0.5, 0.6) is 0 Å². The van der Waals surface area contributed by atoms with Crippen LogP contribution in [0.1, 0.15) is 31.4 Å². The Labute approximate surface area is 123 Å². The molecule has 1 aromatic carbocycles. The zero-order valence-corrected chi connectivity index (χ0v) is 13.0. The van der Waals surface area contributed by atoms with E-state index in [1.54, 1.807) is 0 Å². The second-order valence-electron chi connectivity index (χ2n) is 6.43. The zero-order valence-electron chi connectivity index (χ0n) is 13.0. The van der Waals surface area contributed by atoms with Crippen molar-refractivity contribution < 1.29 is 5.11 Å². The lowest BCUT2D eigenvalue weighted by atomic mass is 9.99. The molecule has 1 aliphatic rings. The standard InChI is InChI=1S/C17H28N2O/c1-13(2)8-16-11-19(17(12-20)9-18-16)10-15-7-5-4-6-14(15)3/h4-7,13,16-18,20H,8-12H2,1-3H3. The maximum atomic E-state index is 9.60. The van der Waals surface area contributed by atoms with E-state index in [-0.39, 0.29) is 12.6 Å². The predicted molar refractivity (Wildman–Crippen MR) is 83.7 cm³/mol. The van der Waals surface area contributed by atoms with Crippen LogP contribution in [-0.4, -0.2) is 41.8 Å². The minimum atomic E-state index is 0.229. The van der Waals surface area contributed by atoms with Crippen molar-refractivity contribution in [2.75, 3.05) is 19.7 Å². The van der Waals surface area contributed by atoms with Crippen LogP contribution in [0.4, 0.5) is 0 Å². The fourth-order valence-electron chi connectivity index (χ4n) is 3.04. The third kappa shape index (κ3) is 4.05. The van der Waals surface area contributed by atoms with Gasteiger partial charge in [-0.1, -0.05) is 38.1 Å². The molecule has 2 atom stereocenters. The van der Waals surface area contributed by atoms with E-state index in [4.69, 9.17) is 0 Å². The molecule has 1 heterocycles. The molecule has 2 unspecified atom stereocenters. The molecule has 0 amide bonds. The average molecular weight is 276 g/mol. The maximum Gasteiger partial charge on any atom is 0.0599 e. The molecule has 3 heteroatoms. The van der Waals surface area contributed by atoms with Crippen molar-refractivity contribution in [3.05, 3.63) is 35.4 Å². The predicted octanol–water partition coefficient (Wildman–Crippen LogP) is 2.18. The third-order valence-electron chi connectivity index (χ3n) is 4.21. The number of aryl methyl sites for hydroxylation is 1. The Morgan fingerprint density at radius 1 is 1.35 bits per heavy atom. The van der Waals surface area contributed by atoms with Gasteiger partial charge in [0.2, 0.25) is 0 Å². The summed E-state index contributed by atoms with van der Waals surface area (Å²) in [6.07, 6.45) is 1.20. The molecule has 1 aliphatic heterocycles. The molecule has 0 radical (unpaired) electrons. The third-order valence-corrected chi connectivity index (χ3v) is 4.21. The largest absolute Gasteiger partial charge is 0.395 e. The number of hydrogen-bond acceptors (Lipinski definition) is 3. The van der Waals surface area contributed by atoms with Crippen molar-refractivity contribution in [3.8, 4) is 0 Å². The molecule has 0 saturated carbocycles. The van der Waals surface area contributed by atoms with Crippen molar-refractivity contribution in [2.24, 2.45) is 5.92 Å². The summed E-state index contributed by atoms with van der Waals surface area (Å²) in [6.45, 7) is 9.78. The lowest BCUT2D eigenvalue weighted by Gasteiger charge is -2.40. The summed E-state index contributed by atoms with van der Waals surface area (Å²) < 4.78 is 0. The molecular formula is C17H28N2O. The number of aliphatic hydroxyl groups is 1. The van der Waals surface area contributed by atoms with Crippen LogP contribution in [0.15, 0.2) is 24.3 Å².